The van der Waals surface area contributed by atoms with Gasteiger partial charge in [0, 0.05) is 11.3 Å². The van der Waals surface area contributed by atoms with Gasteiger partial charge in [-0.05, 0) is 38.3 Å². The summed E-state index contributed by atoms with van der Waals surface area (Å²) < 4.78 is 6.77. The van der Waals surface area contributed by atoms with Crippen LogP contribution in [0.5, 0.6) is 0 Å². The van der Waals surface area contributed by atoms with Crippen molar-refractivity contribution in [3.8, 4) is 0 Å². The molecule has 0 bridgehead atoms. The van der Waals surface area contributed by atoms with Crippen molar-refractivity contribution in [3.05, 3.63) is 57.3 Å². The number of fused-ring (bicyclic) bond motifs is 1. The highest BCUT2D eigenvalue weighted by atomic mass is 16.3. The van der Waals surface area contributed by atoms with Gasteiger partial charge in [0.2, 0.25) is 11.6 Å². The van der Waals surface area contributed by atoms with Gasteiger partial charge in [-0.2, -0.15) is 0 Å². The molecule has 0 radical (unpaired) electrons. The van der Waals surface area contributed by atoms with Crippen LogP contribution in [0.15, 0.2) is 33.7 Å². The fourth-order valence-electron chi connectivity index (χ4n) is 2.92. The molecular formula is C19H21N3O3. The van der Waals surface area contributed by atoms with Gasteiger partial charge < -0.3 is 9.73 Å². The number of aryl methyl sites for hydroxylation is 4. The van der Waals surface area contributed by atoms with Crippen molar-refractivity contribution in [2.45, 2.75) is 40.7 Å². The molecule has 0 spiro atoms. The summed E-state index contributed by atoms with van der Waals surface area (Å²) in [7, 11) is 0. The maximum absolute atomic E-state index is 12.6. The first kappa shape index (κ1) is 17.0. The number of furan rings is 1. The van der Waals surface area contributed by atoms with Crippen LogP contribution in [0.3, 0.4) is 0 Å². The molecule has 0 unspecified atom stereocenters. The second kappa shape index (κ2) is 6.55. The van der Waals surface area contributed by atoms with Crippen LogP contribution in [0.2, 0.25) is 0 Å². The van der Waals surface area contributed by atoms with E-state index in [4.69, 9.17) is 4.42 Å². The third-order valence-corrected chi connectivity index (χ3v) is 4.47. The topological polar surface area (TPSA) is 77.1 Å². The van der Waals surface area contributed by atoms with E-state index in [2.05, 4.69) is 10.3 Å². The van der Waals surface area contributed by atoms with Crippen molar-refractivity contribution in [1.82, 2.24) is 9.55 Å². The first-order valence-electron chi connectivity index (χ1n) is 8.25. The number of nitrogens with zero attached hydrogens (tertiary/aromatic N) is 2. The lowest BCUT2D eigenvalue weighted by molar-refractivity contribution is -0.116. The Balaban J connectivity index is 1.90. The van der Waals surface area contributed by atoms with E-state index in [-0.39, 0.29) is 18.0 Å². The van der Waals surface area contributed by atoms with Crippen molar-refractivity contribution >= 4 is 22.7 Å². The van der Waals surface area contributed by atoms with Gasteiger partial charge in [-0.3, -0.25) is 14.2 Å². The van der Waals surface area contributed by atoms with E-state index in [1.54, 1.807) is 6.92 Å². The summed E-state index contributed by atoms with van der Waals surface area (Å²) in [6.07, 6.45) is 2.17. The number of rotatable bonds is 4. The molecule has 1 aromatic carbocycles. The Morgan fingerprint density at radius 2 is 2.04 bits per heavy atom. The minimum absolute atomic E-state index is 0.0943. The van der Waals surface area contributed by atoms with Gasteiger partial charge >= 0.3 is 0 Å². The molecular weight excluding hydrogens is 318 g/mol. The van der Waals surface area contributed by atoms with Crippen molar-refractivity contribution in [2.24, 2.45) is 0 Å². The Bertz CT molecular complexity index is 1010. The van der Waals surface area contributed by atoms with E-state index in [0.717, 1.165) is 28.8 Å². The summed E-state index contributed by atoms with van der Waals surface area (Å²) >= 11 is 0. The van der Waals surface area contributed by atoms with Gasteiger partial charge in [-0.15, -0.1) is 0 Å². The van der Waals surface area contributed by atoms with Crippen molar-refractivity contribution in [2.75, 3.05) is 5.32 Å². The molecule has 0 aliphatic carbocycles. The second-order valence-corrected chi connectivity index (χ2v) is 6.15. The van der Waals surface area contributed by atoms with Gasteiger partial charge in [-0.1, -0.05) is 25.1 Å². The van der Waals surface area contributed by atoms with Crippen LogP contribution >= 0.6 is 0 Å². The van der Waals surface area contributed by atoms with Crippen LogP contribution in [0, 0.1) is 20.8 Å². The normalized spacial score (nSPS) is 11.0. The number of nitrogens with one attached hydrogen (secondary N) is 1. The van der Waals surface area contributed by atoms with E-state index >= 15 is 0 Å². The van der Waals surface area contributed by atoms with Crippen LogP contribution in [0.4, 0.5) is 5.69 Å². The molecule has 0 aliphatic rings. The molecule has 0 saturated heterocycles. The number of amides is 1. The maximum Gasteiger partial charge on any atom is 0.265 e. The van der Waals surface area contributed by atoms with Crippen LogP contribution in [0.25, 0.3) is 11.1 Å². The summed E-state index contributed by atoms with van der Waals surface area (Å²) in [4.78, 5) is 29.2. The fourth-order valence-corrected chi connectivity index (χ4v) is 2.92. The summed E-state index contributed by atoms with van der Waals surface area (Å²) in [5, 5.41) is 3.35. The van der Waals surface area contributed by atoms with Crippen LogP contribution in [0.1, 0.15) is 29.4 Å². The van der Waals surface area contributed by atoms with E-state index < -0.39 is 0 Å². The average Bonchev–Trinajstić information content (AvgIpc) is 2.87. The lowest BCUT2D eigenvalue weighted by Gasteiger charge is -2.13. The van der Waals surface area contributed by atoms with Gasteiger partial charge in [0.15, 0.2) is 0 Å². The van der Waals surface area contributed by atoms with Gasteiger partial charge in [0.05, 0.1) is 0 Å². The monoisotopic (exact) mass is 339 g/mol. The standard InChI is InChI=1S/C19H21N3O3/c1-5-14-8-6-7-11(2)17(14)21-15(23)9-22-10-20-18-16(19(22)24)12(3)13(4)25-18/h6-8,10H,5,9H2,1-4H3,(H,21,23). The Hall–Kier alpha value is -2.89. The predicted molar refractivity (Wildman–Crippen MR) is 96.9 cm³/mol. The quantitative estimate of drug-likeness (QED) is 0.792. The average molecular weight is 339 g/mol. The van der Waals surface area contributed by atoms with E-state index in [1.807, 2.05) is 39.0 Å². The van der Waals surface area contributed by atoms with Crippen molar-refractivity contribution in [1.29, 1.82) is 0 Å². The van der Waals surface area contributed by atoms with E-state index in [1.165, 1.54) is 10.9 Å². The number of anilines is 1. The fraction of sp³-hybridized carbons (Fsp3) is 0.316. The van der Waals surface area contributed by atoms with Crippen LogP contribution in [-0.2, 0) is 17.8 Å². The highest BCUT2D eigenvalue weighted by Crippen LogP contribution is 2.21. The highest BCUT2D eigenvalue weighted by Gasteiger charge is 2.16. The van der Waals surface area contributed by atoms with Gasteiger partial charge in [0.1, 0.15) is 24.0 Å². The van der Waals surface area contributed by atoms with Crippen LogP contribution < -0.4 is 10.9 Å². The number of hydrogen-bond acceptors (Lipinski definition) is 4. The first-order chi connectivity index (χ1) is 11.9. The molecule has 3 rings (SSSR count). The molecule has 2 heterocycles. The molecule has 0 saturated carbocycles. The number of carbonyl (C=O) groups is 1. The number of aromatic nitrogens is 2. The largest absolute Gasteiger partial charge is 0.443 e. The zero-order valence-electron chi connectivity index (χ0n) is 14.8. The van der Waals surface area contributed by atoms with Crippen molar-refractivity contribution in [3.63, 3.8) is 0 Å². The summed E-state index contributed by atoms with van der Waals surface area (Å²) in [6.45, 7) is 7.50. The maximum atomic E-state index is 12.6. The zero-order chi connectivity index (χ0) is 18.1. The molecule has 130 valence electrons. The second-order valence-electron chi connectivity index (χ2n) is 6.15. The molecule has 3 aromatic rings. The Morgan fingerprint density at radius 1 is 1.28 bits per heavy atom. The summed E-state index contributed by atoms with van der Waals surface area (Å²) in [6, 6.07) is 5.91. The molecule has 0 aliphatic heterocycles. The number of carbonyl (C=O) groups excluding carboxylic acids is 1. The minimum atomic E-state index is -0.269. The predicted octanol–water partition coefficient (Wildman–Crippen LogP) is 3.12. The molecule has 6 heteroatoms. The first-order valence-corrected chi connectivity index (χ1v) is 8.25. The Kier molecular flexibility index (Phi) is 4.44. The lowest BCUT2D eigenvalue weighted by Crippen LogP contribution is -2.28. The molecule has 0 fully saturated rings. The van der Waals surface area contributed by atoms with E-state index in [9.17, 15) is 9.59 Å². The number of hydrogen-bond donors (Lipinski definition) is 1. The van der Waals surface area contributed by atoms with Gasteiger partial charge in [0.25, 0.3) is 5.56 Å². The minimum Gasteiger partial charge on any atom is -0.443 e. The Morgan fingerprint density at radius 3 is 2.76 bits per heavy atom. The smallest absolute Gasteiger partial charge is 0.265 e. The summed E-state index contributed by atoms with van der Waals surface area (Å²) in [5.41, 5.74) is 3.67. The number of para-hydroxylation sites is 1. The molecule has 6 nitrogen and oxygen atoms in total. The molecule has 2 aromatic heterocycles. The zero-order valence-corrected chi connectivity index (χ0v) is 14.8. The van der Waals surface area contributed by atoms with Gasteiger partial charge in [-0.25, -0.2) is 4.98 Å². The third-order valence-electron chi connectivity index (χ3n) is 4.47. The molecule has 1 amide bonds. The molecule has 0 atom stereocenters. The Labute approximate surface area is 145 Å². The SMILES string of the molecule is CCc1cccc(C)c1NC(=O)Cn1cnc2oc(C)c(C)c2c1=O. The highest BCUT2D eigenvalue weighted by molar-refractivity contribution is 5.92. The molecule has 1 N–H and O–H groups in total. The van der Waals surface area contributed by atoms with E-state index in [0.29, 0.717) is 16.9 Å². The third kappa shape index (κ3) is 3.07. The lowest BCUT2D eigenvalue weighted by atomic mass is 10.1. The summed E-state index contributed by atoms with van der Waals surface area (Å²) in [5.74, 6) is 0.402. The molecule has 25 heavy (non-hydrogen) atoms. The number of benzene rings is 1. The van der Waals surface area contributed by atoms with Crippen LogP contribution in [-0.4, -0.2) is 15.5 Å². The van der Waals surface area contributed by atoms with Crippen molar-refractivity contribution < 1.29 is 9.21 Å².